The highest BCUT2D eigenvalue weighted by atomic mass is 16.4. The van der Waals surface area contributed by atoms with E-state index in [1.165, 1.54) is 32.1 Å². The van der Waals surface area contributed by atoms with Crippen LogP contribution in [-0.2, 0) is 4.79 Å². The van der Waals surface area contributed by atoms with Crippen LogP contribution < -0.4 is 0 Å². The molecule has 0 radical (unpaired) electrons. The molecule has 0 aliphatic heterocycles. The van der Waals surface area contributed by atoms with Gasteiger partial charge in [0.05, 0.1) is 5.92 Å². The van der Waals surface area contributed by atoms with E-state index < -0.39 is 5.97 Å². The molecular weight excluding hydrogens is 212 g/mol. The standard InChI is InChI=1S/C15H30O2/c1-5-12(2)8-6-9-13(3)10-7-11-14(4)15(16)17/h12-14H,5-11H2,1-4H3,(H,16,17)/t12-,13-,14+/m0/s1. The summed E-state index contributed by atoms with van der Waals surface area (Å²) in [7, 11) is 0. The largest absolute Gasteiger partial charge is 0.481 e. The molecule has 0 bridgehead atoms. The number of rotatable bonds is 10. The van der Waals surface area contributed by atoms with E-state index in [2.05, 4.69) is 20.8 Å². The molecule has 0 spiro atoms. The number of hydrogen-bond donors (Lipinski definition) is 1. The third kappa shape index (κ3) is 9.20. The lowest BCUT2D eigenvalue weighted by molar-refractivity contribution is -0.141. The Morgan fingerprint density at radius 3 is 1.88 bits per heavy atom. The molecule has 0 aromatic rings. The maximum absolute atomic E-state index is 10.7. The van der Waals surface area contributed by atoms with Crippen LogP contribution in [0.15, 0.2) is 0 Å². The van der Waals surface area contributed by atoms with Crippen LogP contribution >= 0.6 is 0 Å². The monoisotopic (exact) mass is 242 g/mol. The number of hydrogen-bond acceptors (Lipinski definition) is 1. The lowest BCUT2D eigenvalue weighted by Gasteiger charge is -2.14. The summed E-state index contributed by atoms with van der Waals surface area (Å²) in [5, 5.41) is 8.78. The van der Waals surface area contributed by atoms with Gasteiger partial charge >= 0.3 is 5.97 Å². The van der Waals surface area contributed by atoms with Crippen molar-refractivity contribution < 1.29 is 9.90 Å². The molecule has 17 heavy (non-hydrogen) atoms. The topological polar surface area (TPSA) is 37.3 Å². The Hall–Kier alpha value is -0.530. The van der Waals surface area contributed by atoms with E-state index in [1.54, 1.807) is 6.92 Å². The SMILES string of the molecule is CC[C@H](C)CCC[C@H](C)CCC[C@@H](C)C(=O)O. The van der Waals surface area contributed by atoms with E-state index in [1.807, 2.05) is 0 Å². The number of carbonyl (C=O) groups is 1. The van der Waals surface area contributed by atoms with Crippen molar-refractivity contribution in [2.75, 3.05) is 0 Å². The Labute approximate surface area is 107 Å². The molecule has 0 heterocycles. The highest BCUT2D eigenvalue weighted by Gasteiger charge is 2.11. The second-order valence-corrected chi connectivity index (χ2v) is 5.72. The molecule has 0 amide bonds. The quantitative estimate of drug-likeness (QED) is 0.601. The van der Waals surface area contributed by atoms with Gasteiger partial charge in [0.2, 0.25) is 0 Å². The third-order valence-corrected chi connectivity index (χ3v) is 3.85. The Bertz CT molecular complexity index is 201. The van der Waals surface area contributed by atoms with Gasteiger partial charge in [0.15, 0.2) is 0 Å². The third-order valence-electron chi connectivity index (χ3n) is 3.85. The summed E-state index contributed by atoms with van der Waals surface area (Å²) in [6.07, 6.45) is 8.30. The minimum atomic E-state index is -0.658. The van der Waals surface area contributed by atoms with Gasteiger partial charge in [-0.1, -0.05) is 66.2 Å². The molecule has 0 aromatic heterocycles. The Kier molecular flexibility index (Phi) is 9.20. The molecule has 2 nitrogen and oxygen atoms in total. The van der Waals surface area contributed by atoms with Crippen molar-refractivity contribution in [3.05, 3.63) is 0 Å². The molecule has 0 fully saturated rings. The summed E-state index contributed by atoms with van der Waals surface area (Å²) in [4.78, 5) is 10.7. The van der Waals surface area contributed by atoms with Crippen molar-refractivity contribution in [3.63, 3.8) is 0 Å². The minimum absolute atomic E-state index is 0.178. The average Bonchev–Trinajstić information content (AvgIpc) is 2.28. The summed E-state index contributed by atoms with van der Waals surface area (Å²) >= 11 is 0. The highest BCUT2D eigenvalue weighted by Crippen LogP contribution is 2.20. The van der Waals surface area contributed by atoms with Crippen LogP contribution in [0.4, 0.5) is 0 Å². The fraction of sp³-hybridized carbons (Fsp3) is 0.933. The van der Waals surface area contributed by atoms with Gasteiger partial charge in [-0.2, -0.15) is 0 Å². The van der Waals surface area contributed by atoms with Gasteiger partial charge in [-0.25, -0.2) is 0 Å². The predicted molar refractivity (Wildman–Crippen MR) is 73.1 cm³/mol. The van der Waals surface area contributed by atoms with Crippen molar-refractivity contribution in [1.82, 2.24) is 0 Å². The first-order chi connectivity index (χ1) is 7.97. The van der Waals surface area contributed by atoms with Crippen molar-refractivity contribution in [2.45, 2.75) is 72.6 Å². The van der Waals surface area contributed by atoms with Gasteiger partial charge in [0.25, 0.3) is 0 Å². The summed E-state index contributed by atoms with van der Waals surface area (Å²) in [6.45, 7) is 8.67. The zero-order valence-corrected chi connectivity index (χ0v) is 12.0. The van der Waals surface area contributed by atoms with Crippen LogP contribution in [0.25, 0.3) is 0 Å². The number of carboxylic acid groups (broad SMARTS) is 1. The van der Waals surface area contributed by atoms with Gasteiger partial charge in [-0.05, 0) is 18.3 Å². The molecule has 0 unspecified atom stereocenters. The summed E-state index contributed by atoms with van der Waals surface area (Å²) in [6, 6.07) is 0. The highest BCUT2D eigenvalue weighted by molar-refractivity contribution is 5.69. The van der Waals surface area contributed by atoms with Crippen LogP contribution in [0.3, 0.4) is 0 Å². The Morgan fingerprint density at radius 1 is 0.941 bits per heavy atom. The fourth-order valence-electron chi connectivity index (χ4n) is 2.06. The maximum Gasteiger partial charge on any atom is 0.306 e. The van der Waals surface area contributed by atoms with Gasteiger partial charge < -0.3 is 5.11 Å². The minimum Gasteiger partial charge on any atom is -0.481 e. The van der Waals surface area contributed by atoms with E-state index >= 15 is 0 Å². The molecule has 2 heteroatoms. The van der Waals surface area contributed by atoms with Gasteiger partial charge in [0.1, 0.15) is 0 Å². The van der Waals surface area contributed by atoms with Crippen LogP contribution in [0.1, 0.15) is 72.6 Å². The van der Waals surface area contributed by atoms with Crippen LogP contribution in [0.2, 0.25) is 0 Å². The molecule has 1 N–H and O–H groups in total. The van der Waals surface area contributed by atoms with E-state index in [0.29, 0.717) is 0 Å². The predicted octanol–water partition coefficient (Wildman–Crippen LogP) is 4.73. The van der Waals surface area contributed by atoms with Gasteiger partial charge in [-0.15, -0.1) is 0 Å². The molecule has 0 aliphatic rings. The van der Waals surface area contributed by atoms with Crippen LogP contribution in [0.5, 0.6) is 0 Å². The van der Waals surface area contributed by atoms with E-state index in [-0.39, 0.29) is 5.92 Å². The first kappa shape index (κ1) is 16.5. The van der Waals surface area contributed by atoms with Crippen molar-refractivity contribution in [1.29, 1.82) is 0 Å². The molecule has 0 saturated heterocycles. The van der Waals surface area contributed by atoms with E-state index in [9.17, 15) is 4.79 Å². The van der Waals surface area contributed by atoms with E-state index in [4.69, 9.17) is 5.11 Å². The Balaban J connectivity index is 3.46. The first-order valence-corrected chi connectivity index (χ1v) is 7.20. The normalized spacial score (nSPS) is 16.5. The molecular formula is C15H30O2. The average molecular weight is 242 g/mol. The second-order valence-electron chi connectivity index (χ2n) is 5.72. The zero-order valence-electron chi connectivity index (χ0n) is 12.0. The summed E-state index contributed by atoms with van der Waals surface area (Å²) in [5.74, 6) is 0.769. The van der Waals surface area contributed by atoms with Crippen molar-refractivity contribution >= 4 is 5.97 Å². The van der Waals surface area contributed by atoms with E-state index in [0.717, 1.165) is 24.7 Å². The molecule has 0 saturated carbocycles. The van der Waals surface area contributed by atoms with Crippen LogP contribution in [0, 0.1) is 17.8 Å². The summed E-state index contributed by atoms with van der Waals surface area (Å²) in [5.41, 5.74) is 0. The Morgan fingerprint density at radius 2 is 1.41 bits per heavy atom. The first-order valence-electron chi connectivity index (χ1n) is 7.20. The fourth-order valence-corrected chi connectivity index (χ4v) is 2.06. The smallest absolute Gasteiger partial charge is 0.306 e. The zero-order chi connectivity index (χ0) is 13.3. The lowest BCUT2D eigenvalue weighted by Crippen LogP contribution is -2.09. The van der Waals surface area contributed by atoms with Crippen molar-refractivity contribution in [3.8, 4) is 0 Å². The second kappa shape index (κ2) is 9.49. The number of carboxylic acids is 1. The molecule has 0 aromatic carbocycles. The molecule has 0 rings (SSSR count). The van der Waals surface area contributed by atoms with Crippen LogP contribution in [-0.4, -0.2) is 11.1 Å². The maximum atomic E-state index is 10.7. The molecule has 3 atom stereocenters. The van der Waals surface area contributed by atoms with Crippen molar-refractivity contribution in [2.24, 2.45) is 17.8 Å². The summed E-state index contributed by atoms with van der Waals surface area (Å²) < 4.78 is 0. The molecule has 102 valence electrons. The van der Waals surface area contributed by atoms with Gasteiger partial charge in [-0.3, -0.25) is 4.79 Å². The lowest BCUT2D eigenvalue weighted by atomic mass is 9.92. The number of aliphatic carboxylic acids is 1. The molecule has 0 aliphatic carbocycles. The van der Waals surface area contributed by atoms with Gasteiger partial charge in [0, 0.05) is 0 Å².